The standard InChI is InChI=1S/C16H22BrNO2/c1-20-16-7-6-11(8-14(16)17)9-15(19)13-5-3-2-4-12(13)10-18/h6-8,12-13H,2-5,9-10,18H2,1H3. The van der Waals surface area contributed by atoms with Gasteiger partial charge in [0.05, 0.1) is 11.6 Å². The van der Waals surface area contributed by atoms with Gasteiger partial charge in [-0.2, -0.15) is 0 Å². The van der Waals surface area contributed by atoms with Crippen molar-refractivity contribution in [2.24, 2.45) is 17.6 Å². The third-order valence-electron chi connectivity index (χ3n) is 4.22. The van der Waals surface area contributed by atoms with Gasteiger partial charge in [-0.25, -0.2) is 0 Å². The Bertz CT molecular complexity index is 476. The highest BCUT2D eigenvalue weighted by Crippen LogP contribution is 2.32. The van der Waals surface area contributed by atoms with Crippen molar-refractivity contribution in [3.05, 3.63) is 28.2 Å². The van der Waals surface area contributed by atoms with Crippen molar-refractivity contribution in [1.29, 1.82) is 0 Å². The molecule has 1 aromatic rings. The molecule has 0 amide bonds. The molecule has 0 heterocycles. The minimum absolute atomic E-state index is 0.148. The van der Waals surface area contributed by atoms with Crippen molar-refractivity contribution in [2.75, 3.05) is 13.7 Å². The van der Waals surface area contributed by atoms with Gasteiger partial charge in [0.15, 0.2) is 0 Å². The van der Waals surface area contributed by atoms with E-state index in [4.69, 9.17) is 10.5 Å². The summed E-state index contributed by atoms with van der Waals surface area (Å²) >= 11 is 3.46. The summed E-state index contributed by atoms with van der Waals surface area (Å²) in [4.78, 5) is 12.5. The van der Waals surface area contributed by atoms with E-state index in [1.165, 1.54) is 6.42 Å². The number of hydrogen-bond acceptors (Lipinski definition) is 3. The number of nitrogens with two attached hydrogens (primary N) is 1. The molecule has 0 spiro atoms. The molecule has 2 N–H and O–H groups in total. The van der Waals surface area contributed by atoms with Crippen LogP contribution in [0, 0.1) is 11.8 Å². The molecule has 2 rings (SSSR count). The van der Waals surface area contributed by atoms with Crippen LogP contribution in [-0.2, 0) is 11.2 Å². The molecule has 1 aliphatic rings. The predicted molar refractivity (Wildman–Crippen MR) is 83.9 cm³/mol. The van der Waals surface area contributed by atoms with Gasteiger partial charge in [0.2, 0.25) is 0 Å². The van der Waals surface area contributed by atoms with Gasteiger partial charge in [-0.3, -0.25) is 4.79 Å². The highest BCUT2D eigenvalue weighted by atomic mass is 79.9. The lowest BCUT2D eigenvalue weighted by atomic mass is 9.76. The van der Waals surface area contributed by atoms with Crippen LogP contribution < -0.4 is 10.5 Å². The van der Waals surface area contributed by atoms with Crippen molar-refractivity contribution in [2.45, 2.75) is 32.1 Å². The summed E-state index contributed by atoms with van der Waals surface area (Å²) in [7, 11) is 1.64. The van der Waals surface area contributed by atoms with E-state index in [2.05, 4.69) is 15.9 Å². The molecule has 0 aliphatic heterocycles. The first-order valence-electron chi connectivity index (χ1n) is 7.21. The Morgan fingerprint density at radius 2 is 2.15 bits per heavy atom. The van der Waals surface area contributed by atoms with E-state index in [9.17, 15) is 4.79 Å². The average molecular weight is 340 g/mol. The van der Waals surface area contributed by atoms with Gasteiger partial charge in [0.25, 0.3) is 0 Å². The molecule has 1 saturated carbocycles. The molecule has 2 unspecified atom stereocenters. The predicted octanol–water partition coefficient (Wildman–Crippen LogP) is 3.33. The Hall–Kier alpha value is -0.870. The zero-order valence-corrected chi connectivity index (χ0v) is 13.5. The minimum Gasteiger partial charge on any atom is -0.496 e. The smallest absolute Gasteiger partial charge is 0.140 e. The molecule has 0 saturated heterocycles. The number of rotatable bonds is 5. The number of benzene rings is 1. The fourth-order valence-corrected chi connectivity index (χ4v) is 3.65. The number of hydrogen-bond donors (Lipinski definition) is 1. The molecule has 1 fully saturated rings. The second kappa shape index (κ2) is 7.23. The van der Waals surface area contributed by atoms with E-state index >= 15 is 0 Å². The van der Waals surface area contributed by atoms with Crippen LogP contribution >= 0.6 is 15.9 Å². The fourth-order valence-electron chi connectivity index (χ4n) is 3.07. The van der Waals surface area contributed by atoms with Gasteiger partial charge in [-0.05, 0) is 58.9 Å². The lowest BCUT2D eigenvalue weighted by Crippen LogP contribution is -2.33. The highest BCUT2D eigenvalue weighted by molar-refractivity contribution is 9.10. The Labute approximate surface area is 129 Å². The summed E-state index contributed by atoms with van der Waals surface area (Å²) < 4.78 is 6.10. The van der Waals surface area contributed by atoms with E-state index in [-0.39, 0.29) is 5.92 Å². The summed E-state index contributed by atoms with van der Waals surface area (Å²) in [6.07, 6.45) is 4.94. The third kappa shape index (κ3) is 3.61. The minimum atomic E-state index is 0.148. The number of methoxy groups -OCH3 is 1. The van der Waals surface area contributed by atoms with Crippen molar-refractivity contribution in [3.63, 3.8) is 0 Å². The van der Waals surface area contributed by atoms with Crippen molar-refractivity contribution in [1.82, 2.24) is 0 Å². The van der Waals surface area contributed by atoms with Crippen LogP contribution in [-0.4, -0.2) is 19.4 Å². The Morgan fingerprint density at radius 3 is 2.80 bits per heavy atom. The third-order valence-corrected chi connectivity index (χ3v) is 4.84. The molecule has 1 aromatic carbocycles. The first-order chi connectivity index (χ1) is 9.65. The monoisotopic (exact) mass is 339 g/mol. The van der Waals surface area contributed by atoms with E-state index < -0.39 is 0 Å². The van der Waals surface area contributed by atoms with Crippen LogP contribution in [0.3, 0.4) is 0 Å². The zero-order chi connectivity index (χ0) is 14.5. The molecule has 1 aliphatic carbocycles. The number of Topliss-reactive ketones (excluding diaryl/α,β-unsaturated/α-hetero) is 1. The molecule has 0 radical (unpaired) electrons. The number of ether oxygens (including phenoxy) is 1. The Balaban J connectivity index is 2.05. The van der Waals surface area contributed by atoms with E-state index in [1.807, 2.05) is 18.2 Å². The molecule has 0 bridgehead atoms. The van der Waals surface area contributed by atoms with Crippen LogP contribution in [0.4, 0.5) is 0 Å². The van der Waals surface area contributed by atoms with E-state index in [1.54, 1.807) is 7.11 Å². The van der Waals surface area contributed by atoms with Crippen molar-refractivity contribution >= 4 is 21.7 Å². The van der Waals surface area contributed by atoms with Crippen LogP contribution in [0.2, 0.25) is 0 Å². The summed E-state index contributed by atoms with van der Waals surface area (Å²) in [5, 5.41) is 0. The summed E-state index contributed by atoms with van der Waals surface area (Å²) in [6.45, 7) is 0.628. The number of carbonyl (C=O) groups excluding carboxylic acids is 1. The fraction of sp³-hybridized carbons (Fsp3) is 0.562. The molecule has 0 aromatic heterocycles. The quantitative estimate of drug-likeness (QED) is 0.894. The van der Waals surface area contributed by atoms with Crippen LogP contribution in [0.25, 0.3) is 0 Å². The first kappa shape index (κ1) is 15.5. The topological polar surface area (TPSA) is 52.3 Å². The molecule has 20 heavy (non-hydrogen) atoms. The van der Waals surface area contributed by atoms with Gasteiger partial charge in [-0.15, -0.1) is 0 Å². The van der Waals surface area contributed by atoms with Crippen molar-refractivity contribution in [3.8, 4) is 5.75 Å². The second-order valence-electron chi connectivity index (χ2n) is 5.50. The number of ketones is 1. The van der Waals surface area contributed by atoms with Gasteiger partial charge in [0.1, 0.15) is 11.5 Å². The van der Waals surface area contributed by atoms with Gasteiger partial charge < -0.3 is 10.5 Å². The molecule has 3 nitrogen and oxygen atoms in total. The van der Waals surface area contributed by atoms with Crippen LogP contribution in [0.1, 0.15) is 31.2 Å². The summed E-state index contributed by atoms with van der Waals surface area (Å²) in [5.41, 5.74) is 6.84. The maximum absolute atomic E-state index is 12.5. The molecular formula is C16H22BrNO2. The number of halogens is 1. The lowest BCUT2D eigenvalue weighted by molar-refractivity contribution is -0.124. The first-order valence-corrected chi connectivity index (χ1v) is 8.00. The largest absolute Gasteiger partial charge is 0.496 e. The maximum atomic E-state index is 12.5. The van der Waals surface area contributed by atoms with E-state index in [0.717, 1.165) is 35.0 Å². The van der Waals surface area contributed by atoms with Crippen molar-refractivity contribution < 1.29 is 9.53 Å². The zero-order valence-electron chi connectivity index (χ0n) is 11.9. The second-order valence-corrected chi connectivity index (χ2v) is 6.35. The highest BCUT2D eigenvalue weighted by Gasteiger charge is 2.29. The van der Waals surface area contributed by atoms with Gasteiger partial charge in [-0.1, -0.05) is 18.9 Å². The molecular weight excluding hydrogens is 318 g/mol. The van der Waals surface area contributed by atoms with E-state index in [0.29, 0.717) is 24.7 Å². The Kier molecular flexibility index (Phi) is 5.61. The number of carbonyl (C=O) groups is 1. The SMILES string of the molecule is COc1ccc(CC(=O)C2CCCCC2CN)cc1Br. The Morgan fingerprint density at radius 1 is 1.40 bits per heavy atom. The molecule has 4 heteroatoms. The van der Waals surface area contributed by atoms with Crippen LogP contribution in [0.5, 0.6) is 5.75 Å². The lowest BCUT2D eigenvalue weighted by Gasteiger charge is -2.29. The van der Waals surface area contributed by atoms with Crippen LogP contribution in [0.15, 0.2) is 22.7 Å². The van der Waals surface area contributed by atoms with Gasteiger partial charge in [0, 0.05) is 12.3 Å². The maximum Gasteiger partial charge on any atom is 0.140 e. The summed E-state index contributed by atoms with van der Waals surface area (Å²) in [6, 6.07) is 5.83. The molecule has 110 valence electrons. The summed E-state index contributed by atoms with van der Waals surface area (Å²) in [5.74, 6) is 1.64. The average Bonchev–Trinajstić information content (AvgIpc) is 2.47. The van der Waals surface area contributed by atoms with Gasteiger partial charge >= 0.3 is 0 Å². The molecule has 2 atom stereocenters. The normalized spacial score (nSPS) is 22.6.